The van der Waals surface area contributed by atoms with Crippen molar-refractivity contribution >= 4 is 28.3 Å². The van der Waals surface area contributed by atoms with Crippen molar-refractivity contribution < 1.29 is 8.91 Å². The van der Waals surface area contributed by atoms with E-state index in [2.05, 4.69) is 21.5 Å². The molecule has 1 saturated carbocycles. The van der Waals surface area contributed by atoms with Crippen molar-refractivity contribution in [1.29, 1.82) is 0 Å². The molecule has 1 fully saturated rings. The molecule has 7 heteroatoms. The number of hydrogen-bond donors (Lipinski definition) is 1. The summed E-state index contributed by atoms with van der Waals surface area (Å²) in [5, 5.41) is 0.958. The highest BCUT2D eigenvalue weighted by atomic mass is 32.1. The number of benzene rings is 2. The maximum absolute atomic E-state index is 13.6. The van der Waals surface area contributed by atoms with Crippen molar-refractivity contribution in [3.63, 3.8) is 0 Å². The summed E-state index contributed by atoms with van der Waals surface area (Å²) in [6, 6.07) is 10.2. The lowest BCUT2D eigenvalue weighted by Crippen LogP contribution is -2.43. The van der Waals surface area contributed by atoms with Crippen LogP contribution < -0.4 is 5.73 Å². The van der Waals surface area contributed by atoms with Gasteiger partial charge in [-0.05, 0) is 49.1 Å². The van der Waals surface area contributed by atoms with Gasteiger partial charge in [-0.25, -0.2) is 9.97 Å². The van der Waals surface area contributed by atoms with Gasteiger partial charge in [-0.1, -0.05) is 18.1 Å². The molecule has 0 saturated heterocycles. The molecule has 3 aliphatic rings. The third kappa shape index (κ3) is 2.53. The van der Waals surface area contributed by atoms with Crippen LogP contribution in [0.4, 0.5) is 0 Å². The zero-order chi connectivity index (χ0) is 25.7. The monoisotopic (exact) mass is 468 g/mol. The first-order valence-electron chi connectivity index (χ1n) is 12.9. The van der Waals surface area contributed by atoms with E-state index in [0.717, 1.165) is 50.6 Å². The number of imidazole rings is 1. The first-order chi connectivity index (χ1) is 17.7. The molecule has 4 heterocycles. The number of fused-ring (bicyclic) bond motifs is 9. The summed E-state index contributed by atoms with van der Waals surface area (Å²) in [5.74, 6) is 2.74. The van der Waals surface area contributed by atoms with Crippen molar-refractivity contribution in [3.05, 3.63) is 70.1 Å². The Labute approximate surface area is 205 Å². The highest BCUT2D eigenvalue weighted by Crippen LogP contribution is 2.49. The van der Waals surface area contributed by atoms with Crippen LogP contribution in [-0.2, 0) is 5.54 Å². The first-order valence-corrected chi connectivity index (χ1v) is 12.2. The van der Waals surface area contributed by atoms with Crippen molar-refractivity contribution in [1.82, 2.24) is 19.4 Å². The highest BCUT2D eigenvalue weighted by Gasteiger charge is 2.44. The summed E-state index contributed by atoms with van der Waals surface area (Å²) in [7, 11) is 0. The van der Waals surface area contributed by atoms with E-state index < -0.39 is 18.9 Å². The van der Waals surface area contributed by atoms with Crippen LogP contribution >= 0.6 is 11.3 Å². The number of thiazole rings is 1. The maximum atomic E-state index is 13.6. The minimum absolute atomic E-state index is 0.307. The molecule has 2 bridgehead atoms. The Kier molecular flexibility index (Phi) is 3.40. The van der Waals surface area contributed by atoms with Crippen molar-refractivity contribution in [2.75, 3.05) is 6.98 Å². The molecule has 0 unspecified atom stereocenters. The molecule has 2 aliphatic heterocycles. The van der Waals surface area contributed by atoms with Crippen molar-refractivity contribution in [3.8, 4) is 22.8 Å². The Bertz CT molecular complexity index is 1660. The second kappa shape index (κ2) is 6.78. The average molecular weight is 469 g/mol. The number of carbonyl (C=O) groups is 1. The lowest BCUT2D eigenvalue weighted by molar-refractivity contribution is 0.0734. The number of nitrogens with zero attached hydrogens (tertiary/aromatic N) is 4. The lowest BCUT2D eigenvalue weighted by atomic mass is 9.78. The zero-order valence-corrected chi connectivity index (χ0v) is 19.1. The summed E-state index contributed by atoms with van der Waals surface area (Å²) in [6.45, 7) is -2.63. The summed E-state index contributed by atoms with van der Waals surface area (Å²) < 4.78 is 26.6. The van der Waals surface area contributed by atoms with E-state index in [0.29, 0.717) is 28.9 Å². The van der Waals surface area contributed by atoms with Gasteiger partial charge in [0.15, 0.2) is 0 Å². The zero-order valence-electron chi connectivity index (χ0n) is 21.3. The molecule has 2 atom stereocenters. The van der Waals surface area contributed by atoms with Gasteiger partial charge >= 0.3 is 0 Å². The molecular weight excluding hydrogens is 442 g/mol. The number of terminal acetylenes is 1. The van der Waals surface area contributed by atoms with Gasteiger partial charge in [0.2, 0.25) is 0 Å². The van der Waals surface area contributed by atoms with E-state index in [9.17, 15) is 4.79 Å². The van der Waals surface area contributed by atoms with E-state index in [-0.39, 0.29) is 11.6 Å². The van der Waals surface area contributed by atoms with Gasteiger partial charge in [0.1, 0.15) is 10.8 Å². The molecule has 4 aromatic rings. The molecule has 2 aromatic carbocycles. The molecule has 0 radical (unpaired) electrons. The molecule has 6 nitrogen and oxygen atoms in total. The molecule has 2 aromatic heterocycles. The summed E-state index contributed by atoms with van der Waals surface area (Å²) in [4.78, 5) is 25.1. The van der Waals surface area contributed by atoms with E-state index in [4.69, 9.17) is 21.3 Å². The van der Waals surface area contributed by atoms with Crippen LogP contribution in [-0.4, -0.2) is 32.3 Å². The van der Waals surface area contributed by atoms with Crippen molar-refractivity contribution in [2.45, 2.75) is 43.3 Å². The maximum Gasteiger partial charge on any atom is 0.254 e. The molecule has 34 heavy (non-hydrogen) atoms. The van der Waals surface area contributed by atoms with Crippen LogP contribution in [0.3, 0.4) is 0 Å². The van der Waals surface area contributed by atoms with Gasteiger partial charge in [0, 0.05) is 40.4 Å². The lowest BCUT2D eigenvalue weighted by Gasteiger charge is -2.35. The third-order valence-electron chi connectivity index (χ3n) is 7.59. The van der Waals surface area contributed by atoms with Crippen LogP contribution in [0.5, 0.6) is 0 Å². The number of amides is 1. The average Bonchev–Trinajstić information content (AvgIpc) is 3.54. The Morgan fingerprint density at radius 1 is 1.29 bits per heavy atom. The van der Waals surface area contributed by atoms with Gasteiger partial charge in [-0.2, -0.15) is 0 Å². The van der Waals surface area contributed by atoms with E-state index in [1.54, 1.807) is 29.5 Å². The summed E-state index contributed by atoms with van der Waals surface area (Å²) >= 11 is 1.62. The van der Waals surface area contributed by atoms with Gasteiger partial charge < -0.3 is 15.2 Å². The minimum atomic E-state index is -2.63. The standard InChI is InChI=1S/C27H23N5OS/c1-3-15-6-4-7-17-23(15)20-13-21(31(2)25(17)33)24-30-18-9-8-16(12-19(18)32(20)24)22-14-29-26(34-22)27(28)10-5-11-27/h1,4,6-9,12,14,20-21H,5,10-11,13,28H2,2H3/t20-,21-/m1/s1/i2D3. The third-order valence-corrected chi connectivity index (χ3v) is 8.86. The number of rotatable bonds is 2. The molecule has 2 N–H and O–H groups in total. The molecular formula is C27H23N5OS. The van der Waals surface area contributed by atoms with Gasteiger partial charge in [-0.3, -0.25) is 4.79 Å². The van der Waals surface area contributed by atoms with Crippen LogP contribution in [0.15, 0.2) is 42.6 Å². The normalized spacial score (nSPS) is 23.8. The fourth-order valence-electron chi connectivity index (χ4n) is 5.63. The van der Waals surface area contributed by atoms with Crippen LogP contribution in [0.2, 0.25) is 0 Å². The fraction of sp³-hybridized carbons (Fsp3) is 0.296. The Hall–Kier alpha value is -3.47. The second-order valence-corrected chi connectivity index (χ2v) is 10.5. The SMILES string of the molecule is [2H]C([2H])([2H])N1C(=O)c2cccc(C#C)c2[C@H]2C[C@@H]1c1nc3ccc(-c4cnc(C5(N)CCC5)s4)cc3n12. The fourth-order valence-corrected chi connectivity index (χ4v) is 6.71. The van der Waals surface area contributed by atoms with Gasteiger partial charge in [0.05, 0.1) is 33.5 Å². The number of hydrogen-bond acceptors (Lipinski definition) is 5. The molecule has 1 aliphatic carbocycles. The van der Waals surface area contributed by atoms with E-state index >= 15 is 0 Å². The molecule has 168 valence electrons. The Morgan fingerprint density at radius 2 is 2.18 bits per heavy atom. The topological polar surface area (TPSA) is 77.0 Å². The quantitative estimate of drug-likeness (QED) is 0.436. The van der Waals surface area contributed by atoms with Crippen LogP contribution in [0.1, 0.15) is 74.2 Å². The highest BCUT2D eigenvalue weighted by molar-refractivity contribution is 7.15. The largest absolute Gasteiger partial charge is 0.331 e. The smallest absolute Gasteiger partial charge is 0.254 e. The molecule has 0 spiro atoms. The number of nitrogens with two attached hydrogens (primary N) is 1. The Morgan fingerprint density at radius 3 is 2.94 bits per heavy atom. The van der Waals surface area contributed by atoms with E-state index in [1.165, 1.54) is 0 Å². The van der Waals surface area contributed by atoms with Crippen molar-refractivity contribution in [2.24, 2.45) is 5.73 Å². The van der Waals surface area contributed by atoms with Gasteiger partial charge in [0.25, 0.3) is 5.91 Å². The van der Waals surface area contributed by atoms with Gasteiger partial charge in [-0.15, -0.1) is 17.8 Å². The van der Waals surface area contributed by atoms with Crippen LogP contribution in [0.25, 0.3) is 21.5 Å². The Balaban J connectivity index is 1.43. The first kappa shape index (κ1) is 17.0. The number of aromatic nitrogens is 3. The summed E-state index contributed by atoms with van der Waals surface area (Å²) in [6.07, 6.45) is 11.2. The van der Waals surface area contributed by atoms with Crippen LogP contribution in [0, 0.1) is 12.3 Å². The predicted molar refractivity (Wildman–Crippen MR) is 133 cm³/mol. The minimum Gasteiger partial charge on any atom is -0.331 e. The number of carbonyl (C=O) groups excluding carboxylic acids is 1. The molecule has 1 amide bonds. The second-order valence-electron chi connectivity index (χ2n) is 9.44. The summed E-state index contributed by atoms with van der Waals surface area (Å²) in [5.41, 5.74) is 10.4. The predicted octanol–water partition coefficient (Wildman–Crippen LogP) is 4.60. The van der Waals surface area contributed by atoms with E-state index in [1.807, 2.05) is 18.3 Å². The molecule has 7 rings (SSSR count).